The molecule has 1 N–H and O–H groups in total. The van der Waals surface area contributed by atoms with Crippen molar-refractivity contribution in [2.45, 2.75) is 0 Å². The van der Waals surface area contributed by atoms with E-state index < -0.39 is 4.92 Å². The predicted molar refractivity (Wildman–Crippen MR) is 111 cm³/mol. The summed E-state index contributed by atoms with van der Waals surface area (Å²) in [7, 11) is 0. The molecule has 0 amide bonds. The van der Waals surface area contributed by atoms with Crippen molar-refractivity contribution >= 4 is 28.9 Å². The minimum absolute atomic E-state index is 0.0105. The number of non-ortho nitro benzene ring substituents is 1. The lowest BCUT2D eigenvalue weighted by Gasteiger charge is -1.99. The van der Waals surface area contributed by atoms with Gasteiger partial charge in [-0.3, -0.25) is 15.5 Å². The fraction of sp³-hybridized carbons (Fsp3) is 0. The molecule has 0 saturated heterocycles. The molecule has 138 valence electrons. The van der Waals surface area contributed by atoms with Gasteiger partial charge in [-0.1, -0.05) is 30.3 Å². The van der Waals surface area contributed by atoms with Crippen LogP contribution in [0.15, 0.2) is 83.4 Å². The molecule has 28 heavy (non-hydrogen) atoms. The number of nitro benzene ring substituents is 1. The highest BCUT2D eigenvalue weighted by molar-refractivity contribution is 7.13. The Balaban J connectivity index is 1.63. The van der Waals surface area contributed by atoms with Gasteiger partial charge in [-0.25, -0.2) is 4.68 Å². The van der Waals surface area contributed by atoms with E-state index in [1.54, 1.807) is 29.7 Å². The van der Waals surface area contributed by atoms with Gasteiger partial charge in [0.1, 0.15) is 5.69 Å². The number of para-hydroxylation sites is 1. The number of nitrogens with zero attached hydrogens (tertiary/aromatic N) is 4. The van der Waals surface area contributed by atoms with Crippen molar-refractivity contribution in [1.82, 2.24) is 9.78 Å². The molecular formula is C20H15N5O2S. The molecule has 0 atom stereocenters. The number of benzene rings is 2. The van der Waals surface area contributed by atoms with E-state index in [2.05, 4.69) is 10.5 Å². The molecule has 2 heterocycles. The average molecular weight is 389 g/mol. The standard InChI is InChI=1S/C20H15N5O2S/c26-25(27)18-9-4-6-16(12-18)22-21-13-15-14-24(17-7-2-1-3-8-17)23-20(15)19-10-5-11-28-19/h1-14,22H. The van der Waals surface area contributed by atoms with Crippen molar-refractivity contribution in [1.29, 1.82) is 0 Å². The minimum Gasteiger partial charge on any atom is -0.278 e. The summed E-state index contributed by atoms with van der Waals surface area (Å²) in [6.07, 6.45) is 3.57. The van der Waals surface area contributed by atoms with Gasteiger partial charge in [-0.2, -0.15) is 10.2 Å². The average Bonchev–Trinajstić information content (AvgIpc) is 3.39. The zero-order chi connectivity index (χ0) is 19.3. The zero-order valence-electron chi connectivity index (χ0n) is 14.6. The third kappa shape index (κ3) is 3.81. The van der Waals surface area contributed by atoms with Crippen LogP contribution in [-0.2, 0) is 0 Å². The van der Waals surface area contributed by atoms with E-state index in [1.165, 1.54) is 12.1 Å². The second-order valence-electron chi connectivity index (χ2n) is 5.87. The summed E-state index contributed by atoms with van der Waals surface area (Å²) in [5.41, 5.74) is 6.00. The first-order chi connectivity index (χ1) is 13.7. The number of nitrogens with one attached hydrogen (secondary N) is 1. The summed E-state index contributed by atoms with van der Waals surface area (Å²) in [6, 6.07) is 20.0. The fourth-order valence-electron chi connectivity index (χ4n) is 2.66. The lowest BCUT2D eigenvalue weighted by Crippen LogP contribution is -1.93. The monoisotopic (exact) mass is 389 g/mol. The smallest absolute Gasteiger partial charge is 0.271 e. The lowest BCUT2D eigenvalue weighted by atomic mass is 10.2. The van der Waals surface area contributed by atoms with E-state index in [-0.39, 0.29) is 5.69 Å². The van der Waals surface area contributed by atoms with Gasteiger partial charge in [-0.05, 0) is 29.6 Å². The van der Waals surface area contributed by atoms with Gasteiger partial charge in [0.15, 0.2) is 0 Å². The first kappa shape index (κ1) is 17.6. The first-order valence-corrected chi connectivity index (χ1v) is 9.31. The molecule has 0 radical (unpaired) electrons. The fourth-order valence-corrected chi connectivity index (χ4v) is 3.40. The summed E-state index contributed by atoms with van der Waals surface area (Å²) in [5.74, 6) is 0. The molecule has 0 aliphatic rings. The summed E-state index contributed by atoms with van der Waals surface area (Å²) < 4.78 is 1.81. The van der Waals surface area contributed by atoms with Crippen LogP contribution in [0, 0.1) is 10.1 Å². The Labute approximate surface area is 164 Å². The van der Waals surface area contributed by atoms with Crippen LogP contribution in [-0.4, -0.2) is 20.9 Å². The zero-order valence-corrected chi connectivity index (χ0v) is 15.4. The predicted octanol–water partition coefficient (Wildman–Crippen LogP) is 4.96. The molecule has 0 unspecified atom stereocenters. The van der Waals surface area contributed by atoms with Gasteiger partial charge in [-0.15, -0.1) is 11.3 Å². The molecule has 0 aliphatic heterocycles. The van der Waals surface area contributed by atoms with Gasteiger partial charge < -0.3 is 0 Å². The number of anilines is 1. The summed E-state index contributed by atoms with van der Waals surface area (Å²) in [4.78, 5) is 11.5. The third-order valence-electron chi connectivity index (χ3n) is 3.97. The van der Waals surface area contributed by atoms with Crippen molar-refractivity contribution in [3.8, 4) is 16.3 Å². The van der Waals surface area contributed by atoms with Crippen molar-refractivity contribution < 1.29 is 4.92 Å². The van der Waals surface area contributed by atoms with E-state index in [0.29, 0.717) is 5.69 Å². The van der Waals surface area contributed by atoms with E-state index >= 15 is 0 Å². The Kier molecular flexibility index (Phi) is 4.94. The molecule has 0 bridgehead atoms. The van der Waals surface area contributed by atoms with Crippen LogP contribution < -0.4 is 5.43 Å². The van der Waals surface area contributed by atoms with Crippen LogP contribution in [0.1, 0.15) is 5.56 Å². The molecule has 8 heteroatoms. The van der Waals surface area contributed by atoms with E-state index in [4.69, 9.17) is 5.10 Å². The van der Waals surface area contributed by atoms with Crippen LogP contribution in [0.2, 0.25) is 0 Å². The maximum absolute atomic E-state index is 10.9. The third-order valence-corrected chi connectivity index (χ3v) is 4.85. The SMILES string of the molecule is O=[N+]([O-])c1cccc(NN=Cc2cn(-c3ccccc3)nc2-c2cccs2)c1. The Morgan fingerprint density at radius 2 is 1.96 bits per heavy atom. The van der Waals surface area contributed by atoms with Gasteiger partial charge in [0, 0.05) is 23.9 Å². The van der Waals surface area contributed by atoms with Crippen molar-refractivity contribution in [3.05, 3.63) is 94.0 Å². The van der Waals surface area contributed by atoms with Crippen LogP contribution >= 0.6 is 11.3 Å². The second-order valence-corrected chi connectivity index (χ2v) is 6.82. The number of hydrazone groups is 1. The van der Waals surface area contributed by atoms with Gasteiger partial charge in [0.05, 0.1) is 27.4 Å². The normalized spacial score (nSPS) is 11.0. The summed E-state index contributed by atoms with van der Waals surface area (Å²) in [6.45, 7) is 0. The summed E-state index contributed by atoms with van der Waals surface area (Å²) in [5, 5.41) is 21.8. The van der Waals surface area contributed by atoms with Gasteiger partial charge in [0.25, 0.3) is 5.69 Å². The number of hydrogen-bond acceptors (Lipinski definition) is 6. The van der Waals surface area contributed by atoms with Crippen LogP contribution in [0.25, 0.3) is 16.3 Å². The number of thiophene rings is 1. The van der Waals surface area contributed by atoms with Gasteiger partial charge in [0.2, 0.25) is 0 Å². The number of nitro groups is 1. The second kappa shape index (κ2) is 7.85. The van der Waals surface area contributed by atoms with E-state index in [1.807, 2.05) is 58.7 Å². The molecule has 0 aliphatic carbocycles. The van der Waals surface area contributed by atoms with E-state index in [9.17, 15) is 10.1 Å². The topological polar surface area (TPSA) is 85.4 Å². The Bertz CT molecular complexity index is 1120. The number of rotatable bonds is 6. The molecule has 0 fully saturated rings. The molecule has 0 saturated carbocycles. The molecule has 2 aromatic heterocycles. The molecular weight excluding hydrogens is 374 g/mol. The van der Waals surface area contributed by atoms with Crippen LogP contribution in [0.5, 0.6) is 0 Å². The van der Waals surface area contributed by atoms with E-state index in [0.717, 1.165) is 21.8 Å². The maximum atomic E-state index is 10.9. The number of hydrogen-bond donors (Lipinski definition) is 1. The maximum Gasteiger partial charge on any atom is 0.271 e. The van der Waals surface area contributed by atoms with Crippen molar-refractivity contribution in [2.75, 3.05) is 5.43 Å². The Morgan fingerprint density at radius 1 is 1.11 bits per heavy atom. The van der Waals surface area contributed by atoms with Crippen LogP contribution in [0.4, 0.5) is 11.4 Å². The molecule has 4 rings (SSSR count). The quantitative estimate of drug-likeness (QED) is 0.287. The molecule has 2 aromatic carbocycles. The highest BCUT2D eigenvalue weighted by atomic mass is 32.1. The largest absolute Gasteiger partial charge is 0.278 e. The minimum atomic E-state index is -0.437. The van der Waals surface area contributed by atoms with Crippen LogP contribution in [0.3, 0.4) is 0 Å². The summed E-state index contributed by atoms with van der Waals surface area (Å²) >= 11 is 1.60. The Hall–Kier alpha value is -3.78. The Morgan fingerprint density at radius 3 is 2.71 bits per heavy atom. The van der Waals surface area contributed by atoms with Crippen molar-refractivity contribution in [3.63, 3.8) is 0 Å². The highest BCUT2D eigenvalue weighted by Crippen LogP contribution is 2.27. The number of aromatic nitrogens is 2. The van der Waals surface area contributed by atoms with Gasteiger partial charge >= 0.3 is 0 Å². The molecule has 7 nitrogen and oxygen atoms in total. The first-order valence-electron chi connectivity index (χ1n) is 8.43. The highest BCUT2D eigenvalue weighted by Gasteiger charge is 2.12. The lowest BCUT2D eigenvalue weighted by molar-refractivity contribution is -0.384. The van der Waals surface area contributed by atoms with Crippen molar-refractivity contribution in [2.24, 2.45) is 5.10 Å². The molecule has 4 aromatic rings. The molecule has 0 spiro atoms.